The van der Waals surface area contributed by atoms with Crippen molar-refractivity contribution in [2.75, 3.05) is 11.1 Å². The minimum atomic E-state index is -3.48. The molecule has 1 aliphatic heterocycles. The van der Waals surface area contributed by atoms with Crippen LogP contribution in [0.15, 0.2) is 23.1 Å². The fourth-order valence-corrected chi connectivity index (χ4v) is 3.91. The Balaban J connectivity index is 2.68. The number of fused-ring (bicyclic) bond motifs is 1. The number of carbonyl (C=O) groups excluding carboxylic acids is 1. The van der Waals surface area contributed by atoms with Crippen LogP contribution in [0.1, 0.15) is 13.8 Å². The Hall–Kier alpha value is -1.07. The lowest BCUT2D eigenvalue weighted by Crippen LogP contribution is -2.34. The molecule has 1 aliphatic rings. The smallest absolute Gasteiger partial charge is 0.231 e. The number of benzene rings is 1. The highest BCUT2D eigenvalue weighted by molar-refractivity contribution is 7.91. The van der Waals surface area contributed by atoms with Gasteiger partial charge in [0.15, 0.2) is 9.84 Å². The Morgan fingerprint density at radius 1 is 1.35 bits per heavy atom. The number of halogens is 1. The number of rotatable bonds is 0. The van der Waals surface area contributed by atoms with E-state index in [1.807, 2.05) is 0 Å². The van der Waals surface area contributed by atoms with Gasteiger partial charge in [0.2, 0.25) is 5.91 Å². The molecular weight excluding hydrogens is 262 g/mol. The van der Waals surface area contributed by atoms with Gasteiger partial charge in [-0.2, -0.15) is 0 Å². The average molecular weight is 274 g/mol. The molecule has 4 nitrogen and oxygen atoms in total. The van der Waals surface area contributed by atoms with Crippen LogP contribution in [0, 0.1) is 5.41 Å². The number of amides is 1. The van der Waals surface area contributed by atoms with E-state index in [0.29, 0.717) is 5.02 Å². The van der Waals surface area contributed by atoms with E-state index in [4.69, 9.17) is 11.6 Å². The van der Waals surface area contributed by atoms with Crippen molar-refractivity contribution in [1.82, 2.24) is 0 Å². The van der Waals surface area contributed by atoms with Crippen LogP contribution in [0.5, 0.6) is 0 Å². The predicted molar refractivity (Wildman–Crippen MR) is 65.9 cm³/mol. The molecule has 1 aromatic rings. The summed E-state index contributed by atoms with van der Waals surface area (Å²) in [6.07, 6.45) is 0. The van der Waals surface area contributed by atoms with E-state index in [1.165, 1.54) is 18.2 Å². The number of anilines is 1. The number of hydrogen-bond donors (Lipinski definition) is 1. The van der Waals surface area contributed by atoms with Gasteiger partial charge in [-0.05, 0) is 18.2 Å². The zero-order valence-electron chi connectivity index (χ0n) is 9.45. The van der Waals surface area contributed by atoms with Crippen molar-refractivity contribution >= 4 is 33.0 Å². The van der Waals surface area contributed by atoms with E-state index in [9.17, 15) is 13.2 Å². The third-order valence-corrected chi connectivity index (χ3v) is 5.05. The van der Waals surface area contributed by atoms with E-state index in [-0.39, 0.29) is 22.2 Å². The second kappa shape index (κ2) is 3.71. The van der Waals surface area contributed by atoms with Crippen LogP contribution in [0.2, 0.25) is 5.02 Å². The highest BCUT2D eigenvalue weighted by atomic mass is 35.5. The van der Waals surface area contributed by atoms with Crippen molar-refractivity contribution in [3.8, 4) is 0 Å². The Labute approximate surface area is 105 Å². The largest absolute Gasteiger partial charge is 0.324 e. The molecule has 92 valence electrons. The third-order valence-electron chi connectivity index (χ3n) is 2.69. The lowest BCUT2D eigenvalue weighted by Gasteiger charge is -2.18. The van der Waals surface area contributed by atoms with Crippen molar-refractivity contribution in [3.05, 3.63) is 23.2 Å². The van der Waals surface area contributed by atoms with Gasteiger partial charge in [0, 0.05) is 5.02 Å². The van der Waals surface area contributed by atoms with Gasteiger partial charge in [-0.15, -0.1) is 0 Å². The molecule has 1 amide bonds. The van der Waals surface area contributed by atoms with Gasteiger partial charge in [0.05, 0.1) is 21.8 Å². The van der Waals surface area contributed by atoms with Gasteiger partial charge < -0.3 is 5.32 Å². The first-order valence-corrected chi connectivity index (χ1v) is 7.09. The monoisotopic (exact) mass is 273 g/mol. The molecule has 1 N–H and O–H groups in total. The van der Waals surface area contributed by atoms with E-state index in [0.717, 1.165) is 0 Å². The van der Waals surface area contributed by atoms with Gasteiger partial charge in [-0.1, -0.05) is 25.4 Å². The molecule has 0 aromatic heterocycles. The van der Waals surface area contributed by atoms with E-state index < -0.39 is 15.3 Å². The van der Waals surface area contributed by atoms with Crippen LogP contribution >= 0.6 is 11.6 Å². The highest BCUT2D eigenvalue weighted by Gasteiger charge is 2.38. The molecule has 0 bridgehead atoms. The molecule has 2 rings (SSSR count). The van der Waals surface area contributed by atoms with Crippen molar-refractivity contribution in [2.24, 2.45) is 5.41 Å². The summed E-state index contributed by atoms with van der Waals surface area (Å²) in [5, 5.41) is 2.99. The molecule has 0 fully saturated rings. The Bertz CT molecular complexity index is 593. The standard InChI is InChI=1S/C11H12ClNO3S/c1-11(2)6-17(15,16)9-4-3-7(12)5-8(9)13-10(11)14/h3-5H,6H2,1-2H3,(H,13,14). The third kappa shape index (κ3) is 2.17. The van der Waals surface area contributed by atoms with Gasteiger partial charge >= 0.3 is 0 Å². The van der Waals surface area contributed by atoms with Crippen LogP contribution in [0.4, 0.5) is 5.69 Å². The number of hydrogen-bond acceptors (Lipinski definition) is 3. The van der Waals surface area contributed by atoms with Crippen LogP contribution in [0.25, 0.3) is 0 Å². The molecule has 17 heavy (non-hydrogen) atoms. The molecular formula is C11H12ClNO3S. The molecule has 0 atom stereocenters. The fraction of sp³-hybridized carbons (Fsp3) is 0.364. The van der Waals surface area contributed by atoms with Crippen molar-refractivity contribution in [3.63, 3.8) is 0 Å². The molecule has 0 radical (unpaired) electrons. The van der Waals surface area contributed by atoms with Gasteiger partial charge in [0.1, 0.15) is 0 Å². The van der Waals surface area contributed by atoms with E-state index >= 15 is 0 Å². The number of nitrogens with one attached hydrogen (secondary N) is 1. The SMILES string of the molecule is CC1(C)CS(=O)(=O)c2ccc(Cl)cc2NC1=O. The van der Waals surface area contributed by atoms with E-state index in [1.54, 1.807) is 13.8 Å². The summed E-state index contributed by atoms with van der Waals surface area (Å²) in [6, 6.07) is 4.38. The first-order chi connectivity index (χ1) is 7.72. The maximum absolute atomic E-state index is 12.1. The normalized spacial score (nSPS) is 21.2. The average Bonchev–Trinajstić information content (AvgIpc) is 2.20. The molecule has 0 saturated carbocycles. The fourth-order valence-electron chi connectivity index (χ4n) is 1.78. The summed E-state index contributed by atoms with van der Waals surface area (Å²) in [4.78, 5) is 12.0. The molecule has 0 saturated heterocycles. The van der Waals surface area contributed by atoms with Crippen LogP contribution < -0.4 is 5.32 Å². The summed E-state index contributed by atoms with van der Waals surface area (Å²) in [5.41, 5.74) is -0.697. The summed E-state index contributed by atoms with van der Waals surface area (Å²) in [7, 11) is -3.48. The van der Waals surface area contributed by atoms with Gasteiger partial charge in [0.25, 0.3) is 0 Å². The maximum atomic E-state index is 12.1. The van der Waals surface area contributed by atoms with Gasteiger partial charge in [-0.3, -0.25) is 4.79 Å². The van der Waals surface area contributed by atoms with Crippen molar-refractivity contribution in [1.29, 1.82) is 0 Å². The maximum Gasteiger partial charge on any atom is 0.231 e. The van der Waals surface area contributed by atoms with Gasteiger partial charge in [-0.25, -0.2) is 8.42 Å². The zero-order valence-corrected chi connectivity index (χ0v) is 11.0. The van der Waals surface area contributed by atoms with Crippen molar-refractivity contribution in [2.45, 2.75) is 18.7 Å². The first-order valence-electron chi connectivity index (χ1n) is 5.06. The molecule has 1 aromatic carbocycles. The Kier molecular flexibility index (Phi) is 2.71. The molecule has 6 heteroatoms. The van der Waals surface area contributed by atoms with Crippen molar-refractivity contribution < 1.29 is 13.2 Å². The number of sulfone groups is 1. The molecule has 0 unspecified atom stereocenters. The summed E-state index contributed by atoms with van der Waals surface area (Å²) in [6.45, 7) is 3.21. The lowest BCUT2D eigenvalue weighted by atomic mass is 9.95. The topological polar surface area (TPSA) is 63.2 Å². The zero-order chi connectivity index (χ0) is 12.8. The Morgan fingerprint density at radius 2 is 2.00 bits per heavy atom. The quantitative estimate of drug-likeness (QED) is 0.787. The highest BCUT2D eigenvalue weighted by Crippen LogP contribution is 2.34. The minimum Gasteiger partial charge on any atom is -0.324 e. The minimum absolute atomic E-state index is 0.126. The summed E-state index contributed by atoms with van der Waals surface area (Å²) >= 11 is 5.80. The summed E-state index contributed by atoms with van der Waals surface area (Å²) < 4.78 is 24.3. The first kappa shape index (κ1) is 12.4. The van der Waals surface area contributed by atoms with Crippen LogP contribution in [-0.4, -0.2) is 20.1 Å². The lowest BCUT2D eigenvalue weighted by molar-refractivity contribution is -0.122. The molecule has 0 aliphatic carbocycles. The van der Waals surface area contributed by atoms with E-state index in [2.05, 4.69) is 5.32 Å². The van der Waals surface area contributed by atoms with Crippen LogP contribution in [0.3, 0.4) is 0 Å². The molecule has 1 heterocycles. The second-order valence-electron chi connectivity index (χ2n) is 4.74. The summed E-state index contributed by atoms with van der Waals surface area (Å²) in [5.74, 6) is -0.525. The Morgan fingerprint density at radius 3 is 2.65 bits per heavy atom. The second-order valence-corrected chi connectivity index (χ2v) is 7.13. The predicted octanol–water partition coefficient (Wildman–Crippen LogP) is 2.09. The number of carbonyl (C=O) groups is 1. The molecule has 0 spiro atoms. The van der Waals surface area contributed by atoms with Crippen LogP contribution in [-0.2, 0) is 14.6 Å².